The van der Waals surface area contributed by atoms with E-state index in [0.717, 1.165) is 15.4 Å². The Kier molecular flexibility index (Phi) is 5.65. The quantitative estimate of drug-likeness (QED) is 0.322. The minimum Gasteiger partial charge on any atom is -0.504 e. The van der Waals surface area contributed by atoms with Crippen LogP contribution >= 0.6 is 23.4 Å². The van der Waals surface area contributed by atoms with Crippen molar-refractivity contribution in [2.24, 2.45) is 0 Å². The second-order valence-corrected chi connectivity index (χ2v) is 6.97. The maximum absolute atomic E-state index is 10.8. The summed E-state index contributed by atoms with van der Waals surface area (Å²) in [4.78, 5) is 12.3. The molecular formula is C19H15ClN2O3S. The molecular weight excluding hydrogens is 372 g/mol. The second-order valence-electron chi connectivity index (χ2n) is 5.45. The Balaban J connectivity index is 1.75. The number of phenolic OH excluding ortho intramolecular Hbond substituents is 1. The molecule has 0 amide bonds. The highest BCUT2D eigenvalue weighted by atomic mass is 35.5. The molecule has 0 atom stereocenters. The molecule has 0 heterocycles. The molecule has 26 heavy (non-hydrogen) atoms. The number of hydrogen-bond donors (Lipinski definition) is 2. The number of rotatable bonds is 6. The van der Waals surface area contributed by atoms with Gasteiger partial charge in [-0.1, -0.05) is 47.6 Å². The summed E-state index contributed by atoms with van der Waals surface area (Å²) in [5.41, 5.74) is 1.67. The second kappa shape index (κ2) is 8.12. The lowest BCUT2D eigenvalue weighted by atomic mass is 10.2. The average molecular weight is 387 g/mol. The van der Waals surface area contributed by atoms with Gasteiger partial charge in [-0.2, -0.15) is 0 Å². The van der Waals surface area contributed by atoms with E-state index in [1.165, 1.54) is 23.9 Å². The highest BCUT2D eigenvalue weighted by Gasteiger charge is 2.09. The van der Waals surface area contributed by atoms with Gasteiger partial charge in [-0.25, -0.2) is 0 Å². The Morgan fingerprint density at radius 2 is 1.77 bits per heavy atom. The summed E-state index contributed by atoms with van der Waals surface area (Å²) in [6, 6.07) is 19.5. The molecule has 0 unspecified atom stereocenters. The van der Waals surface area contributed by atoms with Crippen molar-refractivity contribution < 1.29 is 10.0 Å². The smallest absolute Gasteiger partial charge is 0.269 e. The van der Waals surface area contributed by atoms with Gasteiger partial charge in [0.2, 0.25) is 0 Å². The Labute approximate surface area is 159 Å². The molecule has 0 bridgehead atoms. The number of nitrogens with zero attached hydrogens (tertiary/aromatic N) is 1. The summed E-state index contributed by atoms with van der Waals surface area (Å²) < 4.78 is 0. The van der Waals surface area contributed by atoms with E-state index in [1.54, 1.807) is 30.3 Å². The number of para-hydroxylation sites is 1. The van der Waals surface area contributed by atoms with Crippen LogP contribution in [-0.4, -0.2) is 10.0 Å². The molecule has 3 rings (SSSR count). The third-order valence-corrected chi connectivity index (χ3v) is 5.14. The number of hydrogen-bond acceptors (Lipinski definition) is 5. The summed E-state index contributed by atoms with van der Waals surface area (Å²) in [5.74, 6) is 0.0228. The van der Waals surface area contributed by atoms with Crippen LogP contribution in [0.25, 0.3) is 0 Å². The fraction of sp³-hybridized carbons (Fsp3) is 0.0526. The van der Waals surface area contributed by atoms with E-state index in [-0.39, 0.29) is 11.4 Å². The molecule has 2 N–H and O–H groups in total. The Bertz CT molecular complexity index is 932. The van der Waals surface area contributed by atoms with Crippen molar-refractivity contribution in [1.82, 2.24) is 0 Å². The molecule has 3 aromatic carbocycles. The number of non-ortho nitro benzene ring substituents is 1. The number of aromatic hydroxyl groups is 1. The third kappa shape index (κ3) is 4.28. The van der Waals surface area contributed by atoms with Crippen molar-refractivity contribution in [3.63, 3.8) is 0 Å². The maximum atomic E-state index is 10.8. The van der Waals surface area contributed by atoms with E-state index in [1.807, 2.05) is 24.3 Å². The number of benzene rings is 3. The molecule has 0 aliphatic rings. The predicted octanol–water partition coefficient (Wildman–Crippen LogP) is 5.72. The number of halogens is 1. The van der Waals surface area contributed by atoms with E-state index in [4.69, 9.17) is 11.6 Å². The lowest BCUT2D eigenvalue weighted by molar-refractivity contribution is -0.384. The van der Waals surface area contributed by atoms with E-state index >= 15 is 0 Å². The zero-order valence-corrected chi connectivity index (χ0v) is 15.1. The highest BCUT2D eigenvalue weighted by molar-refractivity contribution is 7.99. The van der Waals surface area contributed by atoms with Gasteiger partial charge in [-0.3, -0.25) is 10.1 Å². The summed E-state index contributed by atoms with van der Waals surface area (Å²) in [6.45, 7) is 0.504. The summed E-state index contributed by atoms with van der Waals surface area (Å²) in [5, 5.41) is 24.2. The van der Waals surface area contributed by atoms with Gasteiger partial charge in [0.15, 0.2) is 5.75 Å². The first-order valence-electron chi connectivity index (χ1n) is 7.76. The number of nitro groups is 1. The first-order valence-corrected chi connectivity index (χ1v) is 8.95. The van der Waals surface area contributed by atoms with Gasteiger partial charge in [0.05, 0.1) is 15.6 Å². The first kappa shape index (κ1) is 18.1. The van der Waals surface area contributed by atoms with Crippen molar-refractivity contribution in [2.45, 2.75) is 16.3 Å². The van der Waals surface area contributed by atoms with E-state index in [9.17, 15) is 15.2 Å². The molecule has 0 spiro atoms. The highest BCUT2D eigenvalue weighted by Crippen LogP contribution is 2.34. The monoisotopic (exact) mass is 386 g/mol. The Morgan fingerprint density at radius 3 is 2.50 bits per heavy atom. The fourth-order valence-electron chi connectivity index (χ4n) is 2.36. The van der Waals surface area contributed by atoms with Gasteiger partial charge < -0.3 is 10.4 Å². The normalized spacial score (nSPS) is 10.5. The zero-order chi connectivity index (χ0) is 18.5. The van der Waals surface area contributed by atoms with Crippen molar-refractivity contribution in [1.29, 1.82) is 0 Å². The van der Waals surface area contributed by atoms with Crippen LogP contribution in [0.1, 0.15) is 5.56 Å². The molecule has 0 saturated heterocycles. The Hall–Kier alpha value is -2.70. The molecule has 5 nitrogen and oxygen atoms in total. The van der Waals surface area contributed by atoms with Crippen LogP contribution in [0.3, 0.4) is 0 Å². The number of nitrogens with one attached hydrogen (secondary N) is 1. The third-order valence-electron chi connectivity index (χ3n) is 3.70. The molecule has 0 radical (unpaired) electrons. The fourth-order valence-corrected chi connectivity index (χ4v) is 3.48. The van der Waals surface area contributed by atoms with Crippen molar-refractivity contribution in [2.75, 3.05) is 5.32 Å². The molecule has 3 aromatic rings. The van der Waals surface area contributed by atoms with Gasteiger partial charge in [-0.05, 0) is 35.9 Å². The molecule has 132 valence electrons. The standard InChI is InChI=1S/C19H15ClN2O3S/c20-16-5-3-6-17(19(16)23)21-12-13-4-1-2-7-18(13)26-15-10-8-14(9-11-15)22(24)25/h1-11,21,23H,12H2. The van der Waals surface area contributed by atoms with Crippen LogP contribution in [0, 0.1) is 10.1 Å². The Morgan fingerprint density at radius 1 is 1.04 bits per heavy atom. The van der Waals surface area contributed by atoms with Crippen LogP contribution in [0.5, 0.6) is 5.75 Å². The van der Waals surface area contributed by atoms with Crippen LogP contribution in [0.4, 0.5) is 11.4 Å². The van der Waals surface area contributed by atoms with Crippen LogP contribution in [0.15, 0.2) is 76.5 Å². The molecule has 0 saturated carbocycles. The van der Waals surface area contributed by atoms with Crippen LogP contribution < -0.4 is 5.32 Å². The molecule has 0 aliphatic carbocycles. The number of nitro benzene ring substituents is 1. The van der Waals surface area contributed by atoms with Gasteiger partial charge in [0, 0.05) is 28.5 Å². The summed E-state index contributed by atoms with van der Waals surface area (Å²) >= 11 is 7.45. The summed E-state index contributed by atoms with van der Waals surface area (Å²) in [6.07, 6.45) is 0. The van der Waals surface area contributed by atoms with Crippen LogP contribution in [0.2, 0.25) is 5.02 Å². The largest absolute Gasteiger partial charge is 0.504 e. The van der Waals surface area contributed by atoms with Crippen molar-refractivity contribution >= 4 is 34.7 Å². The number of phenols is 1. The minimum absolute atomic E-state index is 0.0228. The van der Waals surface area contributed by atoms with Gasteiger partial charge >= 0.3 is 0 Å². The SMILES string of the molecule is O=[N+]([O-])c1ccc(Sc2ccccc2CNc2cccc(Cl)c2O)cc1. The van der Waals surface area contributed by atoms with Gasteiger partial charge in [0.25, 0.3) is 5.69 Å². The van der Waals surface area contributed by atoms with Crippen molar-refractivity contribution in [3.8, 4) is 5.75 Å². The molecule has 7 heteroatoms. The van der Waals surface area contributed by atoms with Crippen molar-refractivity contribution in [3.05, 3.63) is 87.4 Å². The van der Waals surface area contributed by atoms with E-state index in [2.05, 4.69) is 5.32 Å². The molecule has 0 fully saturated rings. The number of anilines is 1. The first-order chi connectivity index (χ1) is 12.5. The molecule has 0 aromatic heterocycles. The summed E-state index contributed by atoms with van der Waals surface area (Å²) in [7, 11) is 0. The van der Waals surface area contributed by atoms with Gasteiger partial charge in [0.1, 0.15) is 0 Å². The van der Waals surface area contributed by atoms with Crippen LogP contribution in [-0.2, 0) is 6.54 Å². The zero-order valence-electron chi connectivity index (χ0n) is 13.6. The predicted molar refractivity (Wildman–Crippen MR) is 104 cm³/mol. The lowest BCUT2D eigenvalue weighted by Gasteiger charge is -2.12. The topological polar surface area (TPSA) is 75.4 Å². The average Bonchev–Trinajstić information content (AvgIpc) is 2.64. The van der Waals surface area contributed by atoms with E-state index in [0.29, 0.717) is 17.3 Å². The molecule has 0 aliphatic heterocycles. The lowest BCUT2D eigenvalue weighted by Crippen LogP contribution is -2.01. The maximum Gasteiger partial charge on any atom is 0.269 e. The minimum atomic E-state index is -0.413. The van der Waals surface area contributed by atoms with Gasteiger partial charge in [-0.15, -0.1) is 0 Å². The van der Waals surface area contributed by atoms with E-state index < -0.39 is 4.92 Å².